The number of allylic oxidation sites excluding steroid dienone is 1. The minimum atomic E-state index is -0.863. The maximum absolute atomic E-state index is 12.8. The third-order valence-corrected chi connectivity index (χ3v) is 4.98. The number of hydrogen-bond donors (Lipinski definition) is 0. The Morgan fingerprint density at radius 2 is 0.738 bits per heavy atom. The minimum absolute atomic E-state index is 0.0298. The van der Waals surface area contributed by atoms with E-state index in [1.165, 1.54) is 64.1 Å². The van der Waals surface area contributed by atoms with Gasteiger partial charge in [0.25, 0.3) is 0 Å². The van der Waals surface area contributed by atoms with E-state index in [9.17, 15) is 24.0 Å². The first-order valence-corrected chi connectivity index (χ1v) is 12.3. The summed E-state index contributed by atoms with van der Waals surface area (Å²) in [5, 5.41) is 0. The maximum atomic E-state index is 12.8. The molecule has 0 aliphatic rings. The molecule has 2 rings (SSSR count). The second kappa shape index (κ2) is 14.2. The molecule has 0 radical (unpaired) electrons. The summed E-state index contributed by atoms with van der Waals surface area (Å²) in [6, 6.07) is 7.96. The largest absolute Gasteiger partial charge is 0.423 e. The molecule has 0 bridgehead atoms. The van der Waals surface area contributed by atoms with E-state index in [2.05, 4.69) is 26.3 Å². The maximum Gasteiger partial charge on any atom is 0.338 e. The molecule has 0 atom stereocenters. The normalized spacial score (nSPS) is 10.5. The summed E-state index contributed by atoms with van der Waals surface area (Å²) in [7, 11) is 0. The summed E-state index contributed by atoms with van der Waals surface area (Å²) in [4.78, 5) is 61.0. The first kappa shape index (κ1) is 32.7. The average molecular weight is 575 g/mol. The van der Waals surface area contributed by atoms with Crippen molar-refractivity contribution in [1.82, 2.24) is 0 Å². The van der Waals surface area contributed by atoms with Crippen LogP contribution in [0, 0.1) is 0 Å². The van der Waals surface area contributed by atoms with Gasteiger partial charge in [0.05, 0.1) is 0 Å². The lowest BCUT2D eigenvalue weighted by Crippen LogP contribution is -2.12. The van der Waals surface area contributed by atoms with Gasteiger partial charge >= 0.3 is 29.8 Å². The number of ether oxygens (including phenoxy) is 5. The van der Waals surface area contributed by atoms with Gasteiger partial charge in [-0.15, -0.1) is 0 Å². The van der Waals surface area contributed by atoms with Crippen LogP contribution in [-0.2, 0) is 24.0 Å². The van der Waals surface area contributed by atoms with Crippen LogP contribution in [0.1, 0.15) is 40.2 Å². The van der Waals surface area contributed by atoms with Crippen LogP contribution in [0.25, 0.3) is 5.57 Å². The number of carbonyl (C=O) groups is 5. The monoisotopic (exact) mass is 574 g/mol. The highest BCUT2D eigenvalue weighted by atomic mass is 16.6. The summed E-state index contributed by atoms with van der Waals surface area (Å²) in [6.45, 7) is 21.5. The number of esters is 5. The van der Waals surface area contributed by atoms with Gasteiger partial charge in [0.1, 0.15) is 28.7 Å². The second-order valence-electron chi connectivity index (χ2n) is 9.26. The fourth-order valence-corrected chi connectivity index (χ4v) is 2.82. The zero-order valence-electron chi connectivity index (χ0n) is 24.0. The van der Waals surface area contributed by atoms with Crippen LogP contribution in [0.4, 0.5) is 0 Å². The lowest BCUT2D eigenvalue weighted by atomic mass is 10.1. The van der Waals surface area contributed by atoms with Crippen molar-refractivity contribution in [2.45, 2.75) is 34.6 Å². The molecule has 2 aromatic carbocycles. The quantitative estimate of drug-likeness (QED) is 0.189. The highest BCUT2D eigenvalue weighted by Gasteiger charge is 2.16. The fraction of sp³-hybridized carbons (Fsp3) is 0.156. The first-order chi connectivity index (χ1) is 19.5. The Bertz CT molecular complexity index is 1460. The third-order valence-electron chi connectivity index (χ3n) is 4.98. The summed E-state index contributed by atoms with van der Waals surface area (Å²) in [6.07, 6.45) is 1.12. The molecule has 0 N–H and O–H groups in total. The van der Waals surface area contributed by atoms with E-state index in [-0.39, 0.29) is 51.0 Å². The SMILES string of the molecule is C=C(C)C(=O)Oc1cc(OC(=O)C=C(C)c2cc(OC(=O)C(=C)C)cc(OC(=O)C(=C)C)c2)cc(OC(=O)C(=C)C)c1. The molecule has 2 aromatic rings. The first-order valence-electron chi connectivity index (χ1n) is 12.3. The smallest absolute Gasteiger partial charge is 0.338 e. The van der Waals surface area contributed by atoms with Crippen LogP contribution in [0.2, 0.25) is 0 Å². The molecule has 0 aliphatic carbocycles. The summed E-state index contributed by atoms with van der Waals surface area (Å²) < 4.78 is 26.4. The van der Waals surface area contributed by atoms with Gasteiger partial charge in [0, 0.05) is 52.6 Å². The molecule has 0 saturated carbocycles. The highest BCUT2D eigenvalue weighted by Crippen LogP contribution is 2.31. The van der Waals surface area contributed by atoms with E-state index in [0.29, 0.717) is 11.1 Å². The molecule has 218 valence electrons. The van der Waals surface area contributed by atoms with Crippen molar-refractivity contribution in [1.29, 1.82) is 0 Å². The van der Waals surface area contributed by atoms with E-state index in [4.69, 9.17) is 23.7 Å². The van der Waals surface area contributed by atoms with Crippen molar-refractivity contribution in [3.8, 4) is 28.7 Å². The molecule has 0 aromatic heterocycles. The minimum Gasteiger partial charge on any atom is -0.423 e. The van der Waals surface area contributed by atoms with Gasteiger partial charge in [-0.2, -0.15) is 0 Å². The molecular formula is C32H30O10. The standard InChI is InChI=1S/C32H30O10/c1-17(2)29(34)39-23-11-22(12-24(13-23)40-30(35)18(3)4)21(9)10-28(33)38-25-14-26(41-31(36)19(5)6)16-27(15-25)42-32(37)20(7)8/h10-16H,1,3,5,7H2,2,4,6,8-9H3. The predicted molar refractivity (Wildman–Crippen MR) is 154 cm³/mol. The van der Waals surface area contributed by atoms with Gasteiger partial charge in [-0.05, 0) is 57.9 Å². The highest BCUT2D eigenvalue weighted by molar-refractivity contribution is 5.94. The van der Waals surface area contributed by atoms with E-state index in [1.54, 1.807) is 6.92 Å². The van der Waals surface area contributed by atoms with Crippen molar-refractivity contribution in [3.05, 3.63) is 96.6 Å². The van der Waals surface area contributed by atoms with E-state index < -0.39 is 29.8 Å². The van der Waals surface area contributed by atoms with Crippen LogP contribution in [0.15, 0.2) is 91.1 Å². The molecule has 42 heavy (non-hydrogen) atoms. The van der Waals surface area contributed by atoms with Crippen LogP contribution in [0.5, 0.6) is 28.7 Å². The van der Waals surface area contributed by atoms with Crippen LogP contribution >= 0.6 is 0 Å². The van der Waals surface area contributed by atoms with Gasteiger partial charge in [0.15, 0.2) is 0 Å². The molecule has 10 nitrogen and oxygen atoms in total. The Labute approximate surface area is 243 Å². The molecule has 0 fully saturated rings. The summed E-state index contributed by atoms with van der Waals surface area (Å²) >= 11 is 0. The molecule has 0 heterocycles. The van der Waals surface area contributed by atoms with Gasteiger partial charge in [-0.1, -0.05) is 26.3 Å². The topological polar surface area (TPSA) is 132 Å². The van der Waals surface area contributed by atoms with E-state index >= 15 is 0 Å². The van der Waals surface area contributed by atoms with Gasteiger partial charge in [-0.3, -0.25) is 0 Å². The molecule has 0 unspecified atom stereocenters. The summed E-state index contributed by atoms with van der Waals surface area (Å²) in [5.41, 5.74) is 1.19. The molecule has 0 spiro atoms. The van der Waals surface area contributed by atoms with Crippen molar-refractivity contribution in [2.24, 2.45) is 0 Å². The third kappa shape index (κ3) is 9.91. The fourth-order valence-electron chi connectivity index (χ4n) is 2.82. The van der Waals surface area contributed by atoms with Crippen LogP contribution in [0.3, 0.4) is 0 Å². The number of carbonyl (C=O) groups excluding carboxylic acids is 5. The molecule has 0 aliphatic heterocycles. The van der Waals surface area contributed by atoms with E-state index in [1.807, 2.05) is 0 Å². The Morgan fingerprint density at radius 1 is 0.476 bits per heavy atom. The number of benzene rings is 2. The zero-order chi connectivity index (χ0) is 31.7. The Morgan fingerprint density at radius 3 is 1.02 bits per heavy atom. The van der Waals surface area contributed by atoms with E-state index in [0.717, 1.165) is 6.08 Å². The lowest BCUT2D eigenvalue weighted by Gasteiger charge is -2.12. The van der Waals surface area contributed by atoms with Crippen molar-refractivity contribution in [3.63, 3.8) is 0 Å². The lowest BCUT2D eigenvalue weighted by molar-refractivity contribution is -0.131. The molecule has 0 saturated heterocycles. The predicted octanol–water partition coefficient (Wildman–Crippen LogP) is 5.62. The Balaban J connectivity index is 2.43. The van der Waals surface area contributed by atoms with Gasteiger partial charge in [0.2, 0.25) is 0 Å². The van der Waals surface area contributed by atoms with Crippen LogP contribution < -0.4 is 23.7 Å². The Kier molecular flexibility index (Phi) is 11.1. The second-order valence-corrected chi connectivity index (χ2v) is 9.26. The Hall–Kier alpha value is -5.51. The van der Waals surface area contributed by atoms with Gasteiger partial charge < -0.3 is 23.7 Å². The number of hydrogen-bond acceptors (Lipinski definition) is 10. The number of rotatable bonds is 11. The molecule has 0 amide bonds. The zero-order valence-corrected chi connectivity index (χ0v) is 24.0. The average Bonchev–Trinajstić information content (AvgIpc) is 2.87. The summed E-state index contributed by atoms with van der Waals surface area (Å²) in [5.74, 6) is -3.97. The van der Waals surface area contributed by atoms with Gasteiger partial charge in [-0.25, -0.2) is 24.0 Å². The molecular weight excluding hydrogens is 544 g/mol. The molecule has 10 heteroatoms. The van der Waals surface area contributed by atoms with Crippen LogP contribution in [-0.4, -0.2) is 29.8 Å². The van der Waals surface area contributed by atoms with Crippen molar-refractivity contribution in [2.75, 3.05) is 0 Å². The van der Waals surface area contributed by atoms with Crippen molar-refractivity contribution < 1.29 is 47.7 Å². The van der Waals surface area contributed by atoms with Crippen molar-refractivity contribution >= 4 is 35.4 Å².